The zero-order valence-corrected chi connectivity index (χ0v) is 13.0. The Kier molecular flexibility index (Phi) is 5.06. The molecule has 0 bridgehead atoms. The third kappa shape index (κ3) is 3.74. The minimum Gasteiger partial charge on any atom is -0.388 e. The van der Waals surface area contributed by atoms with Gasteiger partial charge in [-0.25, -0.2) is 0 Å². The Labute approximate surface area is 123 Å². The first-order valence-electron chi connectivity index (χ1n) is 7.86. The quantitative estimate of drug-likeness (QED) is 0.838. The highest BCUT2D eigenvalue weighted by Gasteiger charge is 2.31. The van der Waals surface area contributed by atoms with Gasteiger partial charge < -0.3 is 15.3 Å². The Morgan fingerprint density at radius 2 is 2.00 bits per heavy atom. The standard InChI is InChI=1S/C17H28N2O/c1-4-11-18-16(5-2)14-6-8-15(9-7-14)19-12-10-17(3,20)13-19/h6-9,16,18,20H,4-5,10-13H2,1-3H3. The van der Waals surface area contributed by atoms with Gasteiger partial charge in [0.1, 0.15) is 0 Å². The minimum absolute atomic E-state index is 0.450. The van der Waals surface area contributed by atoms with Gasteiger partial charge in [0.05, 0.1) is 5.60 Å². The molecule has 3 heteroatoms. The number of anilines is 1. The third-order valence-corrected chi connectivity index (χ3v) is 4.16. The first-order chi connectivity index (χ1) is 9.55. The maximum absolute atomic E-state index is 10.1. The first-order valence-corrected chi connectivity index (χ1v) is 7.86. The second-order valence-electron chi connectivity index (χ2n) is 6.17. The fourth-order valence-electron chi connectivity index (χ4n) is 2.90. The van der Waals surface area contributed by atoms with Crippen LogP contribution in [-0.4, -0.2) is 30.3 Å². The van der Waals surface area contributed by atoms with Crippen LogP contribution in [0.5, 0.6) is 0 Å². The number of rotatable bonds is 6. The summed E-state index contributed by atoms with van der Waals surface area (Å²) in [5.74, 6) is 0. The van der Waals surface area contributed by atoms with E-state index in [2.05, 4.69) is 48.3 Å². The van der Waals surface area contributed by atoms with Gasteiger partial charge in [0.15, 0.2) is 0 Å². The van der Waals surface area contributed by atoms with Gasteiger partial charge in [-0.1, -0.05) is 26.0 Å². The van der Waals surface area contributed by atoms with E-state index < -0.39 is 5.60 Å². The largest absolute Gasteiger partial charge is 0.388 e. The molecule has 0 radical (unpaired) electrons. The Hall–Kier alpha value is -1.06. The molecule has 0 amide bonds. The lowest BCUT2D eigenvalue weighted by molar-refractivity contribution is 0.0839. The van der Waals surface area contributed by atoms with E-state index >= 15 is 0 Å². The van der Waals surface area contributed by atoms with Gasteiger partial charge in [-0.05, 0) is 50.4 Å². The molecule has 20 heavy (non-hydrogen) atoms. The summed E-state index contributed by atoms with van der Waals surface area (Å²) in [4.78, 5) is 2.27. The zero-order valence-electron chi connectivity index (χ0n) is 13.0. The summed E-state index contributed by atoms with van der Waals surface area (Å²) in [5.41, 5.74) is 2.04. The van der Waals surface area contributed by atoms with Crippen LogP contribution in [0.2, 0.25) is 0 Å². The van der Waals surface area contributed by atoms with Gasteiger partial charge >= 0.3 is 0 Å². The van der Waals surface area contributed by atoms with Crippen LogP contribution in [0.1, 0.15) is 51.6 Å². The predicted octanol–water partition coefficient (Wildman–Crippen LogP) is 3.10. The van der Waals surface area contributed by atoms with E-state index in [9.17, 15) is 5.11 Å². The molecule has 0 saturated carbocycles. The molecular weight excluding hydrogens is 248 g/mol. The fraction of sp³-hybridized carbons (Fsp3) is 0.647. The van der Waals surface area contributed by atoms with Gasteiger partial charge in [-0.3, -0.25) is 0 Å². The number of hydrogen-bond acceptors (Lipinski definition) is 3. The van der Waals surface area contributed by atoms with E-state index in [4.69, 9.17) is 0 Å². The van der Waals surface area contributed by atoms with Crippen molar-refractivity contribution in [3.05, 3.63) is 29.8 Å². The van der Waals surface area contributed by atoms with Gasteiger partial charge in [0.25, 0.3) is 0 Å². The highest BCUT2D eigenvalue weighted by atomic mass is 16.3. The van der Waals surface area contributed by atoms with E-state index in [1.54, 1.807) is 0 Å². The summed E-state index contributed by atoms with van der Waals surface area (Å²) < 4.78 is 0. The van der Waals surface area contributed by atoms with Crippen LogP contribution in [-0.2, 0) is 0 Å². The van der Waals surface area contributed by atoms with Crippen LogP contribution < -0.4 is 10.2 Å². The third-order valence-electron chi connectivity index (χ3n) is 4.16. The van der Waals surface area contributed by atoms with Crippen molar-refractivity contribution in [1.29, 1.82) is 0 Å². The van der Waals surface area contributed by atoms with Crippen molar-refractivity contribution in [1.82, 2.24) is 5.32 Å². The van der Waals surface area contributed by atoms with E-state index in [1.807, 2.05) is 6.92 Å². The SMILES string of the molecule is CCCNC(CC)c1ccc(N2CCC(C)(O)C2)cc1. The Bertz CT molecular complexity index is 414. The van der Waals surface area contributed by atoms with E-state index in [0.717, 1.165) is 38.9 Å². The first kappa shape index (κ1) is 15.3. The summed E-state index contributed by atoms with van der Waals surface area (Å²) in [5, 5.41) is 13.6. The Morgan fingerprint density at radius 3 is 2.50 bits per heavy atom. The molecule has 3 nitrogen and oxygen atoms in total. The number of nitrogens with one attached hydrogen (secondary N) is 1. The lowest BCUT2D eigenvalue weighted by atomic mass is 10.0. The van der Waals surface area contributed by atoms with E-state index in [1.165, 1.54) is 11.3 Å². The molecule has 1 heterocycles. The maximum Gasteiger partial charge on any atom is 0.0810 e. The molecular formula is C17H28N2O. The Morgan fingerprint density at radius 1 is 1.30 bits per heavy atom. The second-order valence-corrected chi connectivity index (χ2v) is 6.17. The van der Waals surface area contributed by atoms with E-state index in [-0.39, 0.29) is 0 Å². The molecule has 1 aromatic rings. The van der Waals surface area contributed by atoms with Crippen molar-refractivity contribution in [2.75, 3.05) is 24.5 Å². The van der Waals surface area contributed by atoms with Crippen LogP contribution in [0, 0.1) is 0 Å². The van der Waals surface area contributed by atoms with Crippen LogP contribution in [0.3, 0.4) is 0 Å². The molecule has 112 valence electrons. The fourth-order valence-corrected chi connectivity index (χ4v) is 2.90. The van der Waals surface area contributed by atoms with E-state index in [0.29, 0.717) is 6.04 Å². The minimum atomic E-state index is -0.534. The predicted molar refractivity (Wildman–Crippen MR) is 85.2 cm³/mol. The van der Waals surface area contributed by atoms with Gasteiger partial charge in [-0.15, -0.1) is 0 Å². The molecule has 0 aliphatic carbocycles. The normalized spacial score (nSPS) is 24.1. The number of β-amino-alcohol motifs (C(OH)–C–C–N with tert-alkyl or cyclic N) is 1. The number of hydrogen-bond donors (Lipinski definition) is 2. The summed E-state index contributed by atoms with van der Waals surface area (Å²) >= 11 is 0. The number of nitrogens with zero attached hydrogens (tertiary/aromatic N) is 1. The molecule has 1 saturated heterocycles. The van der Waals surface area contributed by atoms with Crippen molar-refractivity contribution >= 4 is 5.69 Å². The topological polar surface area (TPSA) is 35.5 Å². The monoisotopic (exact) mass is 276 g/mol. The van der Waals surface area contributed by atoms with Gasteiger partial charge in [-0.2, -0.15) is 0 Å². The van der Waals surface area contributed by atoms with Gasteiger partial charge in [0.2, 0.25) is 0 Å². The molecule has 1 aliphatic heterocycles. The van der Waals surface area contributed by atoms with Crippen LogP contribution >= 0.6 is 0 Å². The summed E-state index contributed by atoms with van der Waals surface area (Å²) in [6.07, 6.45) is 3.12. The highest BCUT2D eigenvalue weighted by Crippen LogP contribution is 2.27. The number of aliphatic hydroxyl groups is 1. The van der Waals surface area contributed by atoms with Crippen molar-refractivity contribution < 1.29 is 5.11 Å². The van der Waals surface area contributed by atoms with Crippen molar-refractivity contribution in [2.45, 2.75) is 51.7 Å². The van der Waals surface area contributed by atoms with Crippen LogP contribution in [0.25, 0.3) is 0 Å². The number of benzene rings is 1. The highest BCUT2D eigenvalue weighted by molar-refractivity contribution is 5.49. The second kappa shape index (κ2) is 6.59. The van der Waals surface area contributed by atoms with Crippen molar-refractivity contribution in [3.8, 4) is 0 Å². The molecule has 2 atom stereocenters. The van der Waals surface area contributed by atoms with Crippen molar-refractivity contribution in [2.24, 2.45) is 0 Å². The molecule has 1 fully saturated rings. The molecule has 2 N–H and O–H groups in total. The molecule has 0 spiro atoms. The molecule has 1 aliphatic rings. The average molecular weight is 276 g/mol. The summed E-state index contributed by atoms with van der Waals surface area (Å²) in [6.45, 7) is 9.08. The zero-order chi connectivity index (χ0) is 14.6. The van der Waals surface area contributed by atoms with Crippen molar-refractivity contribution in [3.63, 3.8) is 0 Å². The van der Waals surface area contributed by atoms with Gasteiger partial charge in [0, 0.05) is 24.8 Å². The van der Waals surface area contributed by atoms with Crippen LogP contribution in [0.4, 0.5) is 5.69 Å². The lowest BCUT2D eigenvalue weighted by Crippen LogP contribution is -2.29. The molecule has 0 aromatic heterocycles. The summed E-state index contributed by atoms with van der Waals surface area (Å²) in [7, 11) is 0. The maximum atomic E-state index is 10.1. The smallest absolute Gasteiger partial charge is 0.0810 e. The van der Waals surface area contributed by atoms with Crippen LogP contribution in [0.15, 0.2) is 24.3 Å². The lowest BCUT2D eigenvalue weighted by Gasteiger charge is -2.22. The molecule has 1 aromatic carbocycles. The Balaban J connectivity index is 2.02. The average Bonchev–Trinajstić information content (AvgIpc) is 2.81. The molecule has 2 rings (SSSR count). The summed E-state index contributed by atoms with van der Waals surface area (Å²) in [6, 6.07) is 9.27. The molecule has 2 unspecified atom stereocenters.